The fraction of sp³-hybridized carbons (Fsp3) is 0.492. The lowest BCUT2D eigenvalue weighted by atomic mass is 9.47. The van der Waals surface area contributed by atoms with Gasteiger partial charge in [0, 0.05) is 90.9 Å². The highest BCUT2D eigenvalue weighted by Gasteiger charge is 2.80. The molecule has 4 aromatic carbocycles. The maximum atomic E-state index is 16.1. The molecule has 5 aromatic rings. The van der Waals surface area contributed by atoms with Gasteiger partial charge in [0.2, 0.25) is 5.60 Å². The summed E-state index contributed by atoms with van der Waals surface area (Å²) in [5, 5.41) is 14.6. The number of hydrogen-bond donors (Lipinski definition) is 2. The molecule has 6 aliphatic rings. The zero-order valence-electron chi connectivity index (χ0n) is 45.3. The van der Waals surface area contributed by atoms with E-state index in [2.05, 4.69) is 51.2 Å². The molecular formula is C61H72N4O11S. The Bertz CT molecular complexity index is 3240. The summed E-state index contributed by atoms with van der Waals surface area (Å²) in [5.41, 5.74) is 0.766. The number of para-hydroxylation sites is 1. The third-order valence-corrected chi connectivity index (χ3v) is 20.3. The zero-order valence-corrected chi connectivity index (χ0v) is 46.1. The van der Waals surface area contributed by atoms with Crippen molar-refractivity contribution in [1.29, 1.82) is 0 Å². The van der Waals surface area contributed by atoms with Gasteiger partial charge in [-0.2, -0.15) is 8.42 Å². The molecule has 0 unspecified atom stereocenters. The molecule has 15 nitrogen and oxygen atoms in total. The Morgan fingerprint density at radius 1 is 0.883 bits per heavy atom. The smallest absolute Gasteiger partial charge is 0.344 e. The summed E-state index contributed by atoms with van der Waals surface area (Å²) in [7, 11) is 2.06. The lowest BCUT2D eigenvalue weighted by Gasteiger charge is -2.63. The van der Waals surface area contributed by atoms with Gasteiger partial charge in [-0.1, -0.05) is 91.7 Å². The molecule has 1 spiro atoms. The molecule has 0 radical (unpaired) electrons. The molecule has 4 aliphatic heterocycles. The number of fused-ring (bicyclic) bond motifs is 4. The summed E-state index contributed by atoms with van der Waals surface area (Å²) in [5.74, 6) is -2.09. The van der Waals surface area contributed by atoms with Gasteiger partial charge < -0.3 is 33.9 Å². The van der Waals surface area contributed by atoms with Gasteiger partial charge in [0.15, 0.2) is 6.10 Å². The second-order valence-corrected chi connectivity index (χ2v) is 24.3. The number of rotatable bonds is 13. The van der Waals surface area contributed by atoms with E-state index in [1.165, 1.54) is 21.1 Å². The maximum Gasteiger partial charge on any atom is 0.344 e. The van der Waals surface area contributed by atoms with Crippen molar-refractivity contribution in [2.24, 2.45) is 23.2 Å². The molecule has 16 heteroatoms. The van der Waals surface area contributed by atoms with Crippen LogP contribution in [0.3, 0.4) is 0 Å². The number of aromatic amines is 1. The Hall–Kier alpha value is -6.04. The highest BCUT2D eigenvalue weighted by molar-refractivity contribution is 7.86. The van der Waals surface area contributed by atoms with E-state index in [1.807, 2.05) is 68.3 Å². The molecule has 5 heterocycles. The van der Waals surface area contributed by atoms with Crippen molar-refractivity contribution in [3.63, 3.8) is 0 Å². The van der Waals surface area contributed by atoms with Gasteiger partial charge in [0.25, 0.3) is 10.1 Å². The monoisotopic (exact) mass is 1070 g/mol. The molecule has 408 valence electrons. The number of aliphatic hydroxyl groups is 1. The molecule has 0 amide bonds. The molecule has 11 rings (SSSR count). The highest BCUT2D eigenvalue weighted by atomic mass is 32.2. The predicted molar refractivity (Wildman–Crippen MR) is 291 cm³/mol. The van der Waals surface area contributed by atoms with Crippen molar-refractivity contribution in [1.82, 2.24) is 14.8 Å². The number of nitrogens with one attached hydrogen (secondary N) is 1. The summed E-state index contributed by atoms with van der Waals surface area (Å²) in [6.45, 7) is 8.32. The van der Waals surface area contributed by atoms with E-state index in [0.29, 0.717) is 74.7 Å². The van der Waals surface area contributed by atoms with E-state index in [-0.39, 0.29) is 41.7 Å². The number of carbonyl (C=O) groups excluding carboxylic acids is 3. The Balaban J connectivity index is 1.14. The van der Waals surface area contributed by atoms with Gasteiger partial charge in [0.05, 0.1) is 38.9 Å². The van der Waals surface area contributed by atoms with Crippen molar-refractivity contribution >= 4 is 44.6 Å². The quantitative estimate of drug-likeness (QED) is 0.0506. The van der Waals surface area contributed by atoms with Crippen LogP contribution in [-0.2, 0) is 66.7 Å². The zero-order chi connectivity index (χ0) is 54.2. The van der Waals surface area contributed by atoms with Crippen LogP contribution in [0.2, 0.25) is 0 Å². The molecule has 0 bridgehead atoms. The molecular weight excluding hydrogens is 997 g/mol. The number of likely N-dealkylation sites (N-methyl/N-ethyl adjacent to an activating group) is 1. The van der Waals surface area contributed by atoms with Crippen molar-refractivity contribution in [3.05, 3.63) is 137 Å². The van der Waals surface area contributed by atoms with Gasteiger partial charge in [-0.05, 0) is 111 Å². The number of benzene rings is 4. The minimum atomic E-state index is -4.09. The van der Waals surface area contributed by atoms with Crippen LogP contribution in [0.5, 0.6) is 5.75 Å². The van der Waals surface area contributed by atoms with Crippen LogP contribution in [0.25, 0.3) is 10.9 Å². The van der Waals surface area contributed by atoms with Crippen LogP contribution in [0.4, 0.5) is 5.69 Å². The number of aromatic nitrogens is 1. The first-order valence-electron chi connectivity index (χ1n) is 27.3. The number of nitrogens with zero attached hydrogens (tertiary/aromatic N) is 3. The minimum absolute atomic E-state index is 0.0136. The van der Waals surface area contributed by atoms with Gasteiger partial charge >= 0.3 is 17.9 Å². The molecule has 2 saturated carbocycles. The number of methoxy groups -OCH3 is 3. The Morgan fingerprint density at radius 3 is 2.34 bits per heavy atom. The minimum Gasteiger partial charge on any atom is -0.496 e. The molecule has 2 N–H and O–H groups in total. The number of ether oxygens (including phenoxy) is 4. The number of esters is 3. The van der Waals surface area contributed by atoms with Gasteiger partial charge in [-0.15, -0.1) is 0 Å². The average Bonchev–Trinajstić information content (AvgIpc) is 3.45. The third kappa shape index (κ3) is 8.16. The van der Waals surface area contributed by atoms with Crippen molar-refractivity contribution in [3.8, 4) is 5.75 Å². The van der Waals surface area contributed by atoms with Crippen LogP contribution in [0.15, 0.2) is 108 Å². The Labute approximate surface area is 452 Å². The first-order valence-corrected chi connectivity index (χ1v) is 28.7. The molecule has 10 atom stereocenters. The van der Waals surface area contributed by atoms with E-state index >= 15 is 4.79 Å². The van der Waals surface area contributed by atoms with Crippen molar-refractivity contribution in [2.75, 3.05) is 66.1 Å². The second-order valence-electron chi connectivity index (χ2n) is 22.7. The van der Waals surface area contributed by atoms with E-state index in [1.54, 1.807) is 31.4 Å². The standard InChI is InChI=1S/C61H72N4O11S/c1-8-58-27-15-29-65-31-28-59(53(58)65)47-32-48(51(72-5)33-50(47)63(4)54(59)61(69,57(68)74-7)55(58)76-39(3)66)60(56(67)73-6)34-42(44-20-14-18-41(44)37-75-77(70,71)43-24-22-38(2)23-25-43)36-64(35-40-16-10-9-11-17-40)30-26-46-45-19-12-13-21-49(45)62-52(46)60/h9-13,15-17,19,21-25,27,32-33,41-42,44,53-55,62,69H,8,14,18,20,26,28-31,34-37H2,1-7H3/t41-,42+,44-,53+,54-,55-,58-,59-,60-,61+/m1/s1. The average molecular weight is 1070 g/mol. The molecule has 3 fully saturated rings. The molecule has 1 aromatic heterocycles. The number of aryl methyl sites for hydroxylation is 1. The van der Waals surface area contributed by atoms with Crippen molar-refractivity contribution in [2.45, 2.75) is 112 Å². The van der Waals surface area contributed by atoms with E-state index in [0.717, 1.165) is 52.4 Å². The van der Waals surface area contributed by atoms with Crippen molar-refractivity contribution < 1.29 is 51.0 Å². The van der Waals surface area contributed by atoms with Crippen LogP contribution in [-0.4, -0.2) is 131 Å². The summed E-state index contributed by atoms with van der Waals surface area (Å²) >= 11 is 0. The number of H-pyrrole nitrogens is 1. The number of carbonyl (C=O) groups is 3. The summed E-state index contributed by atoms with van der Waals surface area (Å²) in [6.07, 6.45) is 6.93. The topological polar surface area (TPSA) is 177 Å². The van der Waals surface area contributed by atoms with Crippen LogP contribution >= 0.6 is 0 Å². The molecule has 1 saturated heterocycles. The summed E-state index contributed by atoms with van der Waals surface area (Å²) < 4.78 is 58.3. The fourth-order valence-corrected chi connectivity index (χ4v) is 17.0. The number of hydrogen-bond acceptors (Lipinski definition) is 14. The Kier molecular flexibility index (Phi) is 13.8. The van der Waals surface area contributed by atoms with Gasteiger partial charge in [-0.3, -0.25) is 23.6 Å². The highest BCUT2D eigenvalue weighted by Crippen LogP contribution is 2.68. The van der Waals surface area contributed by atoms with Crippen LogP contribution in [0.1, 0.15) is 85.9 Å². The first-order chi connectivity index (χ1) is 37.0. The van der Waals surface area contributed by atoms with E-state index in [9.17, 15) is 23.1 Å². The normalized spacial score (nSPS) is 30.8. The van der Waals surface area contributed by atoms with Gasteiger partial charge in [-0.25, -0.2) is 4.79 Å². The molecule has 77 heavy (non-hydrogen) atoms. The summed E-state index contributed by atoms with van der Waals surface area (Å²) in [6, 6.07) is 27.9. The maximum absolute atomic E-state index is 16.1. The summed E-state index contributed by atoms with van der Waals surface area (Å²) in [4.78, 5) is 54.9. The van der Waals surface area contributed by atoms with E-state index < -0.39 is 62.0 Å². The third-order valence-electron chi connectivity index (χ3n) is 19.0. The molecule has 2 aliphatic carbocycles. The predicted octanol–water partition coefficient (Wildman–Crippen LogP) is 7.78. The lowest BCUT2D eigenvalue weighted by molar-refractivity contribution is -0.228. The SMILES string of the molecule is CC[C@]12C=CCN3CC[C@@]4(c5cc([C@]6(C(=O)OC)C[C@H]([C@@H]7CCC[C@@H]7COS(=O)(=O)c7ccc(C)cc7)CN(Cc7ccccc7)CCc7c6[nH]c6ccccc76)c(OC)cc5N(C)[C@H]4[C@@](O)(C(=O)OC)[C@@H]1OC(C)=O)[C@@H]32. The lowest BCUT2D eigenvalue weighted by Crippen LogP contribution is -2.81. The van der Waals surface area contributed by atoms with Crippen LogP contribution < -0.4 is 9.64 Å². The second kappa shape index (κ2) is 20.0. The Morgan fingerprint density at radius 2 is 1.62 bits per heavy atom. The van der Waals surface area contributed by atoms with E-state index in [4.69, 9.17) is 23.1 Å². The largest absolute Gasteiger partial charge is 0.496 e. The van der Waals surface area contributed by atoms with Crippen LogP contribution in [0, 0.1) is 30.1 Å². The van der Waals surface area contributed by atoms with Gasteiger partial charge in [0.1, 0.15) is 11.2 Å². The number of anilines is 1. The first kappa shape index (κ1) is 53.0. The fourth-order valence-electron chi connectivity index (χ4n) is 16.0.